The van der Waals surface area contributed by atoms with E-state index in [1.165, 1.54) is 6.42 Å². The Bertz CT molecular complexity index is 472. The van der Waals surface area contributed by atoms with Crippen molar-refractivity contribution in [3.05, 3.63) is 22.4 Å². The summed E-state index contributed by atoms with van der Waals surface area (Å²) in [7, 11) is 1.91. The van der Waals surface area contributed by atoms with E-state index in [0.717, 1.165) is 36.0 Å². The molecule has 1 aliphatic rings. The third kappa shape index (κ3) is 3.09. The fourth-order valence-electron chi connectivity index (χ4n) is 3.21. The van der Waals surface area contributed by atoms with Crippen molar-refractivity contribution >= 4 is 21.8 Å². The molecule has 1 fully saturated rings. The highest BCUT2D eigenvalue weighted by molar-refractivity contribution is 9.10. The minimum atomic E-state index is 0.106. The summed E-state index contributed by atoms with van der Waals surface area (Å²) in [5.41, 5.74) is 6.60. The molecule has 0 aromatic carbocycles. The first-order valence-electron chi connectivity index (χ1n) is 7.41. The molecule has 0 saturated heterocycles. The van der Waals surface area contributed by atoms with Crippen molar-refractivity contribution in [1.29, 1.82) is 0 Å². The van der Waals surface area contributed by atoms with Gasteiger partial charge in [0.25, 0.3) is 5.91 Å². The Labute approximate surface area is 129 Å². The molecule has 20 heavy (non-hydrogen) atoms. The van der Waals surface area contributed by atoms with E-state index in [0.29, 0.717) is 12.5 Å². The van der Waals surface area contributed by atoms with E-state index in [-0.39, 0.29) is 11.9 Å². The quantitative estimate of drug-likeness (QED) is 0.895. The van der Waals surface area contributed by atoms with E-state index in [2.05, 4.69) is 22.9 Å². The second kappa shape index (κ2) is 6.76. The zero-order valence-electron chi connectivity index (χ0n) is 12.3. The molecule has 1 aromatic heterocycles. The van der Waals surface area contributed by atoms with Gasteiger partial charge >= 0.3 is 0 Å². The molecule has 4 nitrogen and oxygen atoms in total. The van der Waals surface area contributed by atoms with Gasteiger partial charge in [-0.05, 0) is 53.7 Å². The van der Waals surface area contributed by atoms with Gasteiger partial charge in [0.05, 0.1) is 0 Å². The molecule has 2 atom stereocenters. The van der Waals surface area contributed by atoms with Crippen LogP contribution in [-0.4, -0.2) is 35.0 Å². The average Bonchev–Trinajstić information content (AvgIpc) is 3.03. The molecule has 2 rings (SSSR count). The van der Waals surface area contributed by atoms with Crippen LogP contribution < -0.4 is 5.73 Å². The minimum absolute atomic E-state index is 0.106. The maximum Gasteiger partial charge on any atom is 0.270 e. The number of aromatic nitrogens is 1. The summed E-state index contributed by atoms with van der Waals surface area (Å²) in [5.74, 6) is 0.552. The van der Waals surface area contributed by atoms with Crippen LogP contribution in [0, 0.1) is 5.92 Å². The number of carbonyl (C=O) groups is 1. The fourth-order valence-corrected chi connectivity index (χ4v) is 3.68. The first-order valence-corrected chi connectivity index (χ1v) is 8.20. The van der Waals surface area contributed by atoms with Crippen molar-refractivity contribution in [2.24, 2.45) is 11.7 Å². The van der Waals surface area contributed by atoms with Gasteiger partial charge in [0.1, 0.15) is 5.69 Å². The molecule has 1 aromatic rings. The number of amides is 1. The zero-order chi connectivity index (χ0) is 14.7. The van der Waals surface area contributed by atoms with Crippen LogP contribution in [0.5, 0.6) is 0 Å². The normalized spacial score (nSPS) is 22.2. The van der Waals surface area contributed by atoms with Crippen LogP contribution in [0.4, 0.5) is 0 Å². The summed E-state index contributed by atoms with van der Waals surface area (Å²) >= 11 is 3.47. The monoisotopic (exact) mass is 341 g/mol. The lowest BCUT2D eigenvalue weighted by atomic mass is 10.0. The Morgan fingerprint density at radius 1 is 1.55 bits per heavy atom. The number of hydrogen-bond donors (Lipinski definition) is 1. The van der Waals surface area contributed by atoms with Gasteiger partial charge in [-0.2, -0.15) is 0 Å². The van der Waals surface area contributed by atoms with Crippen LogP contribution in [0.2, 0.25) is 0 Å². The van der Waals surface area contributed by atoms with Gasteiger partial charge in [-0.3, -0.25) is 4.79 Å². The summed E-state index contributed by atoms with van der Waals surface area (Å²) in [6.45, 7) is 3.65. The predicted molar refractivity (Wildman–Crippen MR) is 84.7 cm³/mol. The first-order chi connectivity index (χ1) is 9.58. The SMILES string of the molecule is CCCn1cc(Br)cc1C(=O)N(C)C1CCCC1CN. The summed E-state index contributed by atoms with van der Waals surface area (Å²) in [4.78, 5) is 14.6. The highest BCUT2D eigenvalue weighted by atomic mass is 79.9. The molecule has 0 spiro atoms. The molecule has 1 saturated carbocycles. The lowest BCUT2D eigenvalue weighted by Crippen LogP contribution is -2.42. The van der Waals surface area contributed by atoms with Gasteiger partial charge in [0.2, 0.25) is 0 Å². The largest absolute Gasteiger partial charge is 0.342 e. The minimum Gasteiger partial charge on any atom is -0.342 e. The number of aryl methyl sites for hydroxylation is 1. The van der Waals surface area contributed by atoms with Crippen LogP contribution >= 0.6 is 15.9 Å². The summed E-state index contributed by atoms with van der Waals surface area (Å²) in [5, 5.41) is 0. The van der Waals surface area contributed by atoms with Crippen molar-refractivity contribution in [3.8, 4) is 0 Å². The van der Waals surface area contributed by atoms with Crippen LogP contribution in [0.15, 0.2) is 16.7 Å². The maximum atomic E-state index is 12.7. The number of halogens is 1. The van der Waals surface area contributed by atoms with Gasteiger partial charge in [0, 0.05) is 30.3 Å². The number of carbonyl (C=O) groups excluding carboxylic acids is 1. The van der Waals surface area contributed by atoms with E-state index in [1.807, 2.05) is 28.8 Å². The van der Waals surface area contributed by atoms with E-state index in [9.17, 15) is 4.79 Å². The lowest BCUT2D eigenvalue weighted by Gasteiger charge is -2.29. The molecule has 0 bridgehead atoms. The summed E-state index contributed by atoms with van der Waals surface area (Å²) < 4.78 is 3.00. The third-order valence-electron chi connectivity index (χ3n) is 4.29. The molecule has 1 heterocycles. The van der Waals surface area contributed by atoms with Crippen molar-refractivity contribution < 1.29 is 4.79 Å². The Hall–Kier alpha value is -0.810. The van der Waals surface area contributed by atoms with Crippen molar-refractivity contribution in [1.82, 2.24) is 9.47 Å². The maximum absolute atomic E-state index is 12.7. The fraction of sp³-hybridized carbons (Fsp3) is 0.667. The Morgan fingerprint density at radius 3 is 2.95 bits per heavy atom. The number of hydrogen-bond acceptors (Lipinski definition) is 2. The molecule has 1 amide bonds. The van der Waals surface area contributed by atoms with Crippen molar-refractivity contribution in [2.75, 3.05) is 13.6 Å². The standard InChI is InChI=1S/C15H24BrN3O/c1-3-7-19-10-12(16)8-14(19)15(20)18(2)13-6-4-5-11(13)9-17/h8,10-11,13H,3-7,9,17H2,1-2H3. The van der Waals surface area contributed by atoms with Crippen molar-refractivity contribution in [2.45, 2.75) is 45.2 Å². The summed E-state index contributed by atoms with van der Waals surface area (Å²) in [6, 6.07) is 2.21. The average molecular weight is 342 g/mol. The topological polar surface area (TPSA) is 51.3 Å². The van der Waals surface area contributed by atoms with E-state index in [4.69, 9.17) is 5.73 Å². The van der Waals surface area contributed by atoms with Crippen molar-refractivity contribution in [3.63, 3.8) is 0 Å². The van der Waals surface area contributed by atoms with Crippen LogP contribution in [0.25, 0.3) is 0 Å². The molecule has 5 heteroatoms. The Balaban J connectivity index is 2.18. The van der Waals surface area contributed by atoms with Gasteiger partial charge in [-0.1, -0.05) is 13.3 Å². The van der Waals surface area contributed by atoms with Gasteiger partial charge in [0.15, 0.2) is 0 Å². The highest BCUT2D eigenvalue weighted by Crippen LogP contribution is 2.29. The lowest BCUT2D eigenvalue weighted by molar-refractivity contribution is 0.0688. The molecule has 1 aliphatic carbocycles. The number of nitrogens with two attached hydrogens (primary N) is 1. The molecular formula is C15H24BrN3O. The molecule has 0 aliphatic heterocycles. The number of rotatable bonds is 5. The van der Waals surface area contributed by atoms with E-state index < -0.39 is 0 Å². The zero-order valence-corrected chi connectivity index (χ0v) is 13.9. The molecule has 2 unspecified atom stereocenters. The van der Waals surface area contributed by atoms with Crippen LogP contribution in [0.3, 0.4) is 0 Å². The second-order valence-electron chi connectivity index (χ2n) is 5.65. The Morgan fingerprint density at radius 2 is 2.30 bits per heavy atom. The van der Waals surface area contributed by atoms with Crippen LogP contribution in [-0.2, 0) is 6.54 Å². The molecule has 2 N–H and O–H groups in total. The van der Waals surface area contributed by atoms with Gasteiger partial charge < -0.3 is 15.2 Å². The van der Waals surface area contributed by atoms with E-state index in [1.54, 1.807) is 0 Å². The third-order valence-corrected chi connectivity index (χ3v) is 4.72. The molecular weight excluding hydrogens is 318 g/mol. The predicted octanol–water partition coefficient (Wildman–Crippen LogP) is 2.86. The van der Waals surface area contributed by atoms with Gasteiger partial charge in [-0.15, -0.1) is 0 Å². The highest BCUT2D eigenvalue weighted by Gasteiger charge is 2.32. The van der Waals surface area contributed by atoms with Crippen LogP contribution in [0.1, 0.15) is 43.1 Å². The first kappa shape index (κ1) is 15.6. The smallest absolute Gasteiger partial charge is 0.270 e. The second-order valence-corrected chi connectivity index (χ2v) is 6.56. The van der Waals surface area contributed by atoms with E-state index >= 15 is 0 Å². The van der Waals surface area contributed by atoms with Gasteiger partial charge in [-0.25, -0.2) is 0 Å². The molecule has 0 radical (unpaired) electrons. The molecule has 112 valence electrons. The Kier molecular flexibility index (Phi) is 5.27. The number of nitrogens with zero attached hydrogens (tertiary/aromatic N) is 2. The summed E-state index contributed by atoms with van der Waals surface area (Å²) in [6.07, 6.45) is 6.38.